The molecule has 39 heavy (non-hydrogen) atoms. The van der Waals surface area contributed by atoms with Crippen LogP contribution in [0.1, 0.15) is 55.6 Å². The van der Waals surface area contributed by atoms with Gasteiger partial charge < -0.3 is 24.8 Å². The second kappa shape index (κ2) is 9.00. The Morgan fingerprint density at radius 2 is 1.95 bits per heavy atom. The molecule has 12 nitrogen and oxygen atoms in total. The van der Waals surface area contributed by atoms with E-state index in [1.165, 1.54) is 0 Å². The van der Waals surface area contributed by atoms with E-state index in [4.69, 9.17) is 4.52 Å². The molecule has 4 N–H and O–H groups in total. The maximum absolute atomic E-state index is 13.1. The number of amides is 1. The van der Waals surface area contributed by atoms with Crippen LogP contribution in [0.5, 0.6) is 0 Å². The lowest BCUT2D eigenvalue weighted by atomic mass is 9.52. The van der Waals surface area contributed by atoms with Gasteiger partial charge in [-0.3, -0.25) is 4.79 Å². The zero-order chi connectivity index (χ0) is 26.9. The Bertz CT molecular complexity index is 1510. The van der Waals surface area contributed by atoms with E-state index in [1.807, 2.05) is 12.3 Å². The minimum absolute atomic E-state index is 0.0310. The molecule has 3 aromatic heterocycles. The Morgan fingerprint density at radius 3 is 2.64 bits per heavy atom. The number of fused-ring (bicyclic) bond motifs is 1. The van der Waals surface area contributed by atoms with Crippen LogP contribution in [-0.2, 0) is 10.0 Å². The second-order valence-corrected chi connectivity index (χ2v) is 13.8. The first-order valence-corrected chi connectivity index (χ1v) is 15.6. The number of nitrogens with one attached hydrogen (secondary N) is 3. The number of likely N-dealkylation sites (tertiary alicyclic amines) is 1. The Kier molecular flexibility index (Phi) is 5.76. The highest BCUT2D eigenvalue weighted by molar-refractivity contribution is 7.88. The Labute approximate surface area is 226 Å². The van der Waals surface area contributed by atoms with Gasteiger partial charge in [0.2, 0.25) is 10.0 Å². The Hall–Kier alpha value is -3.03. The molecule has 1 aliphatic heterocycles. The van der Waals surface area contributed by atoms with Gasteiger partial charge in [-0.15, -0.1) is 0 Å². The third kappa shape index (κ3) is 4.59. The standard InChI is InChI=1S/C26H33N7O5S/c1-39(36,37)32-17-3-6-33(7-4-17)25(34)23-30-24(38-31-23)19-13-28-22-18(2-5-27-22)21(19)29-20-15-8-14-9-16(20)12-26(35,10-14)11-15/h2,5,13-17,20,32,35H,3-4,6-12H2,1H3,(H2,27,28,29)/t14?,15-,16+,20+,26-. The SMILES string of the molecule is CS(=O)(=O)NC1CCN(C(=O)c2noc(-c3cnc4[nH]ccc4c3N[C@H]3[C@@H]4CC5C[C@H]3C[C@@](O)(C5)C4)n2)CC1. The summed E-state index contributed by atoms with van der Waals surface area (Å²) in [7, 11) is -3.30. The summed E-state index contributed by atoms with van der Waals surface area (Å²) in [5.74, 6) is 1.24. The first-order chi connectivity index (χ1) is 18.6. The molecule has 5 atom stereocenters. The summed E-state index contributed by atoms with van der Waals surface area (Å²) in [6.45, 7) is 0.800. The fourth-order valence-electron chi connectivity index (χ4n) is 7.77. The van der Waals surface area contributed by atoms with Crippen molar-refractivity contribution in [2.45, 2.75) is 62.6 Å². The number of carbonyl (C=O) groups excluding carboxylic acids is 1. The molecule has 1 unspecified atom stereocenters. The van der Waals surface area contributed by atoms with Gasteiger partial charge in [-0.25, -0.2) is 18.1 Å². The van der Waals surface area contributed by atoms with Crippen LogP contribution >= 0.6 is 0 Å². The molecule has 13 heteroatoms. The minimum Gasteiger partial charge on any atom is -0.390 e. The van der Waals surface area contributed by atoms with E-state index in [1.54, 1.807) is 11.1 Å². The number of piperidine rings is 1. The number of aromatic nitrogens is 4. The number of pyridine rings is 1. The van der Waals surface area contributed by atoms with Crippen LogP contribution in [0.2, 0.25) is 0 Å². The summed E-state index contributed by atoms with van der Waals surface area (Å²) in [5.41, 5.74) is 1.71. The van der Waals surface area contributed by atoms with E-state index < -0.39 is 15.6 Å². The predicted octanol–water partition coefficient (Wildman–Crippen LogP) is 2.12. The van der Waals surface area contributed by atoms with Gasteiger partial charge in [-0.2, -0.15) is 4.98 Å². The number of anilines is 1. The molecule has 0 aromatic carbocycles. The summed E-state index contributed by atoms with van der Waals surface area (Å²) in [4.78, 5) is 27.0. The molecule has 5 fully saturated rings. The average molecular weight is 556 g/mol. The van der Waals surface area contributed by atoms with Crippen molar-refractivity contribution in [3.8, 4) is 11.5 Å². The van der Waals surface area contributed by atoms with Gasteiger partial charge in [0.15, 0.2) is 0 Å². The van der Waals surface area contributed by atoms with Gasteiger partial charge in [-0.05, 0) is 68.8 Å². The fourth-order valence-corrected chi connectivity index (χ4v) is 8.61. The van der Waals surface area contributed by atoms with Crippen molar-refractivity contribution in [1.29, 1.82) is 0 Å². The van der Waals surface area contributed by atoms with Crippen molar-refractivity contribution < 1.29 is 22.8 Å². The number of hydrogen-bond acceptors (Lipinski definition) is 9. The highest BCUT2D eigenvalue weighted by Gasteiger charge is 2.54. The molecule has 4 saturated carbocycles. The highest BCUT2D eigenvalue weighted by Crippen LogP contribution is 2.56. The molecule has 3 aromatic rings. The van der Waals surface area contributed by atoms with Crippen molar-refractivity contribution in [2.75, 3.05) is 24.7 Å². The Morgan fingerprint density at radius 1 is 1.21 bits per heavy atom. The first-order valence-electron chi connectivity index (χ1n) is 13.7. The molecule has 1 saturated heterocycles. The molecule has 208 valence electrons. The molecular formula is C26H33N7O5S. The van der Waals surface area contributed by atoms with E-state index in [9.17, 15) is 18.3 Å². The van der Waals surface area contributed by atoms with Crippen LogP contribution in [0.4, 0.5) is 5.69 Å². The molecule has 0 spiro atoms. The number of aromatic amines is 1. The number of carbonyl (C=O) groups is 1. The number of H-pyrrole nitrogens is 1. The van der Waals surface area contributed by atoms with Crippen molar-refractivity contribution in [3.63, 3.8) is 0 Å². The summed E-state index contributed by atoms with van der Waals surface area (Å²) in [5, 5.41) is 19.8. The van der Waals surface area contributed by atoms with E-state index in [2.05, 4.69) is 30.1 Å². The van der Waals surface area contributed by atoms with Crippen LogP contribution in [0.25, 0.3) is 22.5 Å². The molecular weight excluding hydrogens is 522 g/mol. The summed E-state index contributed by atoms with van der Waals surface area (Å²) >= 11 is 0. The number of hydrogen-bond donors (Lipinski definition) is 4. The van der Waals surface area contributed by atoms with E-state index >= 15 is 0 Å². The third-order valence-electron chi connectivity index (χ3n) is 9.15. The highest BCUT2D eigenvalue weighted by atomic mass is 32.2. The lowest BCUT2D eigenvalue weighted by Gasteiger charge is -2.58. The van der Waals surface area contributed by atoms with Gasteiger partial charge in [0, 0.05) is 43.0 Å². The molecule has 1 amide bonds. The smallest absolute Gasteiger partial charge is 0.295 e. The van der Waals surface area contributed by atoms with Crippen LogP contribution in [0.15, 0.2) is 23.0 Å². The van der Waals surface area contributed by atoms with Crippen molar-refractivity contribution >= 4 is 32.7 Å². The van der Waals surface area contributed by atoms with E-state index in [-0.39, 0.29) is 29.7 Å². The lowest BCUT2D eigenvalue weighted by Crippen LogP contribution is -2.59. The van der Waals surface area contributed by atoms with Gasteiger partial charge in [0.05, 0.1) is 23.1 Å². The molecule has 4 bridgehead atoms. The molecule has 4 heterocycles. The quantitative estimate of drug-likeness (QED) is 0.356. The lowest BCUT2D eigenvalue weighted by molar-refractivity contribution is -0.129. The number of aliphatic hydroxyl groups is 1. The van der Waals surface area contributed by atoms with Gasteiger partial charge in [0.1, 0.15) is 5.65 Å². The van der Waals surface area contributed by atoms with Crippen molar-refractivity contribution in [1.82, 2.24) is 29.7 Å². The topological polar surface area (TPSA) is 166 Å². The minimum atomic E-state index is -3.30. The second-order valence-electron chi connectivity index (χ2n) is 12.0. The molecule has 4 aliphatic carbocycles. The monoisotopic (exact) mass is 555 g/mol. The van der Waals surface area contributed by atoms with E-state index in [0.717, 1.165) is 55.1 Å². The predicted molar refractivity (Wildman–Crippen MR) is 142 cm³/mol. The number of sulfonamides is 1. The third-order valence-corrected chi connectivity index (χ3v) is 9.91. The number of rotatable bonds is 6. The molecule has 8 rings (SSSR count). The van der Waals surface area contributed by atoms with Crippen LogP contribution in [-0.4, -0.2) is 81.5 Å². The normalized spacial score (nSPS) is 30.8. The largest absolute Gasteiger partial charge is 0.390 e. The van der Waals surface area contributed by atoms with Crippen LogP contribution in [0.3, 0.4) is 0 Å². The van der Waals surface area contributed by atoms with E-state index in [0.29, 0.717) is 49.2 Å². The average Bonchev–Trinajstić information content (AvgIpc) is 3.54. The molecule has 5 aliphatic rings. The maximum atomic E-state index is 13.1. The summed E-state index contributed by atoms with van der Waals surface area (Å²) < 4.78 is 31.3. The van der Waals surface area contributed by atoms with Gasteiger partial charge >= 0.3 is 0 Å². The van der Waals surface area contributed by atoms with Crippen LogP contribution in [0, 0.1) is 17.8 Å². The molecule has 0 radical (unpaired) electrons. The zero-order valence-electron chi connectivity index (χ0n) is 21.8. The fraction of sp³-hybridized carbons (Fsp3) is 0.615. The van der Waals surface area contributed by atoms with Gasteiger partial charge in [0.25, 0.3) is 17.6 Å². The summed E-state index contributed by atoms with van der Waals surface area (Å²) in [6, 6.07) is 2.00. The maximum Gasteiger partial charge on any atom is 0.295 e. The zero-order valence-corrected chi connectivity index (χ0v) is 22.6. The van der Waals surface area contributed by atoms with Crippen molar-refractivity contribution in [2.24, 2.45) is 17.8 Å². The van der Waals surface area contributed by atoms with Gasteiger partial charge in [-0.1, -0.05) is 5.16 Å². The first kappa shape index (κ1) is 25.0. The Balaban J connectivity index is 1.13. The summed E-state index contributed by atoms with van der Waals surface area (Å²) in [6.07, 6.45) is 10.5. The van der Waals surface area contributed by atoms with Crippen LogP contribution < -0.4 is 10.0 Å². The number of nitrogens with zero attached hydrogens (tertiary/aromatic N) is 4. The van der Waals surface area contributed by atoms with Crippen molar-refractivity contribution in [3.05, 3.63) is 24.3 Å².